The third-order valence-corrected chi connectivity index (χ3v) is 5.49. The molecule has 2 heterocycles. The number of ether oxygens (including phenoxy) is 1. The Morgan fingerprint density at radius 3 is 2.58 bits per heavy atom. The highest BCUT2D eigenvalue weighted by atomic mass is 19.1. The quantitative estimate of drug-likeness (QED) is 0.571. The van der Waals surface area contributed by atoms with E-state index in [0.717, 1.165) is 26.2 Å². The summed E-state index contributed by atoms with van der Waals surface area (Å²) in [5, 5.41) is 10.9. The molecule has 1 atom stereocenters. The fraction of sp³-hybridized carbons (Fsp3) is 0.391. The van der Waals surface area contributed by atoms with Crippen molar-refractivity contribution in [2.45, 2.75) is 19.3 Å². The number of hydrogen-bond donors (Lipinski definition) is 2. The van der Waals surface area contributed by atoms with Crippen molar-refractivity contribution in [1.29, 1.82) is 0 Å². The molecule has 1 saturated heterocycles. The molecule has 1 aromatic heterocycles. The molecule has 1 unspecified atom stereocenters. The lowest BCUT2D eigenvalue weighted by atomic mass is 10.2. The van der Waals surface area contributed by atoms with Crippen LogP contribution in [0.3, 0.4) is 0 Å². The Kier molecular flexibility index (Phi) is 7.03. The zero-order valence-electron chi connectivity index (χ0n) is 17.3. The summed E-state index contributed by atoms with van der Waals surface area (Å²) in [4.78, 5) is 24.1. The second-order valence-corrected chi connectivity index (χ2v) is 7.87. The van der Waals surface area contributed by atoms with Crippen molar-refractivity contribution >= 4 is 10.9 Å². The first-order valence-corrected chi connectivity index (χ1v) is 10.5. The molecule has 8 heteroatoms. The van der Waals surface area contributed by atoms with Crippen molar-refractivity contribution in [2.24, 2.45) is 0 Å². The minimum atomic E-state index is -0.628. The van der Waals surface area contributed by atoms with E-state index in [1.54, 1.807) is 24.3 Å². The average Bonchev–Trinajstić information content (AvgIpc) is 2.76. The van der Waals surface area contributed by atoms with Crippen LogP contribution in [0.15, 0.2) is 53.3 Å². The number of nitrogens with one attached hydrogen (secondary N) is 1. The standard InChI is InChI=1S/C23H27FN4O3/c24-20-7-3-1-5-17(20)15-31-16-18(29)13-27-9-11-28(12-10-27)14-22-25-21-8-4-2-6-19(21)23(30)26-22/h1-8,18,29H,9-16H2,(H,25,26,30). The van der Waals surface area contributed by atoms with Gasteiger partial charge in [0, 0.05) is 38.3 Å². The number of fused-ring (bicyclic) bond motifs is 1. The molecule has 2 aromatic carbocycles. The van der Waals surface area contributed by atoms with Crippen molar-refractivity contribution < 1.29 is 14.2 Å². The van der Waals surface area contributed by atoms with Gasteiger partial charge in [-0.25, -0.2) is 9.37 Å². The summed E-state index contributed by atoms with van der Waals surface area (Å²) in [7, 11) is 0. The highest BCUT2D eigenvalue weighted by molar-refractivity contribution is 5.77. The molecule has 2 N–H and O–H groups in total. The van der Waals surface area contributed by atoms with E-state index < -0.39 is 6.10 Å². The number of benzene rings is 2. The zero-order valence-corrected chi connectivity index (χ0v) is 17.3. The van der Waals surface area contributed by atoms with Crippen molar-refractivity contribution in [1.82, 2.24) is 19.8 Å². The molecule has 3 aromatic rings. The van der Waals surface area contributed by atoms with Gasteiger partial charge in [-0.3, -0.25) is 14.6 Å². The van der Waals surface area contributed by atoms with Gasteiger partial charge in [-0.15, -0.1) is 0 Å². The second kappa shape index (κ2) is 10.1. The number of piperazine rings is 1. The van der Waals surface area contributed by atoms with Crippen LogP contribution in [0, 0.1) is 5.82 Å². The smallest absolute Gasteiger partial charge is 0.258 e. The minimum Gasteiger partial charge on any atom is -0.389 e. The first-order valence-electron chi connectivity index (χ1n) is 10.5. The van der Waals surface area contributed by atoms with Crippen molar-refractivity contribution in [3.63, 3.8) is 0 Å². The molecule has 1 aliphatic rings. The number of rotatable bonds is 8. The van der Waals surface area contributed by atoms with Gasteiger partial charge in [-0.2, -0.15) is 0 Å². The predicted octanol–water partition coefficient (Wildman–Crippen LogP) is 1.76. The number of aromatic nitrogens is 2. The SMILES string of the molecule is O=c1[nH]c(CN2CCN(CC(O)COCc3ccccc3F)CC2)nc2ccccc12. The normalized spacial score (nSPS) is 16.6. The van der Waals surface area contributed by atoms with E-state index in [9.17, 15) is 14.3 Å². The molecule has 0 aliphatic carbocycles. The van der Waals surface area contributed by atoms with E-state index >= 15 is 0 Å². The fourth-order valence-electron chi connectivity index (χ4n) is 3.82. The third-order valence-electron chi connectivity index (χ3n) is 5.49. The zero-order chi connectivity index (χ0) is 21.6. The minimum absolute atomic E-state index is 0.113. The first-order chi connectivity index (χ1) is 15.1. The number of aliphatic hydroxyl groups excluding tert-OH is 1. The molecule has 1 fully saturated rings. The van der Waals surface area contributed by atoms with Crippen LogP contribution in [-0.2, 0) is 17.9 Å². The summed E-state index contributed by atoms with van der Waals surface area (Å²) in [6.07, 6.45) is -0.628. The van der Waals surface area contributed by atoms with Crippen LogP contribution < -0.4 is 5.56 Å². The Morgan fingerprint density at radius 1 is 1.06 bits per heavy atom. The van der Waals surface area contributed by atoms with Gasteiger partial charge >= 0.3 is 0 Å². The number of H-pyrrole nitrogens is 1. The van der Waals surface area contributed by atoms with E-state index in [-0.39, 0.29) is 24.6 Å². The number of nitrogens with zero attached hydrogens (tertiary/aromatic N) is 3. The van der Waals surface area contributed by atoms with E-state index in [2.05, 4.69) is 19.8 Å². The predicted molar refractivity (Wildman–Crippen MR) is 116 cm³/mol. The highest BCUT2D eigenvalue weighted by Crippen LogP contribution is 2.11. The lowest BCUT2D eigenvalue weighted by Crippen LogP contribution is -2.48. The average molecular weight is 426 g/mol. The lowest BCUT2D eigenvalue weighted by Gasteiger charge is -2.35. The molecular formula is C23H27FN4O3. The van der Waals surface area contributed by atoms with Crippen molar-refractivity contribution in [2.75, 3.05) is 39.3 Å². The molecule has 1 aliphatic heterocycles. The van der Waals surface area contributed by atoms with Crippen LogP contribution in [0.25, 0.3) is 10.9 Å². The first kappa shape index (κ1) is 21.6. The largest absolute Gasteiger partial charge is 0.389 e. The van der Waals surface area contributed by atoms with Crippen LogP contribution in [-0.4, -0.2) is 70.3 Å². The van der Waals surface area contributed by atoms with Gasteiger partial charge < -0.3 is 14.8 Å². The Bertz CT molecular complexity index is 1070. The van der Waals surface area contributed by atoms with Crippen LogP contribution in [0.4, 0.5) is 4.39 Å². The summed E-state index contributed by atoms with van der Waals surface area (Å²) < 4.78 is 19.1. The van der Waals surface area contributed by atoms with Gasteiger partial charge in [0.05, 0.1) is 36.8 Å². The maximum Gasteiger partial charge on any atom is 0.258 e. The van der Waals surface area contributed by atoms with E-state index in [4.69, 9.17) is 4.74 Å². The molecule has 0 saturated carbocycles. The van der Waals surface area contributed by atoms with Crippen molar-refractivity contribution in [3.05, 3.63) is 76.1 Å². The fourth-order valence-corrected chi connectivity index (χ4v) is 3.82. The Hall–Kier alpha value is -2.65. The molecule has 0 spiro atoms. The lowest BCUT2D eigenvalue weighted by molar-refractivity contribution is 0.0000993. The second-order valence-electron chi connectivity index (χ2n) is 7.87. The molecule has 0 radical (unpaired) electrons. The number of aromatic amines is 1. The number of halogens is 1. The number of hydrogen-bond acceptors (Lipinski definition) is 6. The van der Waals surface area contributed by atoms with Crippen LogP contribution in [0.2, 0.25) is 0 Å². The van der Waals surface area contributed by atoms with Gasteiger partial charge in [-0.1, -0.05) is 30.3 Å². The van der Waals surface area contributed by atoms with Gasteiger partial charge in [0.1, 0.15) is 11.6 Å². The van der Waals surface area contributed by atoms with Crippen molar-refractivity contribution in [3.8, 4) is 0 Å². The highest BCUT2D eigenvalue weighted by Gasteiger charge is 2.20. The Morgan fingerprint density at radius 2 is 1.77 bits per heavy atom. The van der Waals surface area contributed by atoms with E-state index in [0.29, 0.717) is 35.4 Å². The monoisotopic (exact) mass is 426 g/mol. The van der Waals surface area contributed by atoms with Gasteiger partial charge in [0.15, 0.2) is 0 Å². The van der Waals surface area contributed by atoms with Crippen LogP contribution in [0.1, 0.15) is 11.4 Å². The topological polar surface area (TPSA) is 81.7 Å². The van der Waals surface area contributed by atoms with E-state index in [1.165, 1.54) is 6.07 Å². The molecule has 31 heavy (non-hydrogen) atoms. The molecule has 0 bridgehead atoms. The Labute approximate surface area is 180 Å². The Balaban J connectivity index is 1.21. The maximum atomic E-state index is 13.6. The van der Waals surface area contributed by atoms with Crippen LogP contribution in [0.5, 0.6) is 0 Å². The molecular weight excluding hydrogens is 399 g/mol. The summed E-state index contributed by atoms with van der Waals surface area (Å²) in [5.41, 5.74) is 1.08. The molecule has 164 valence electrons. The van der Waals surface area contributed by atoms with E-state index in [1.807, 2.05) is 18.2 Å². The van der Waals surface area contributed by atoms with Gasteiger partial charge in [-0.05, 0) is 18.2 Å². The third kappa shape index (κ3) is 5.74. The number of para-hydroxylation sites is 1. The van der Waals surface area contributed by atoms with Gasteiger partial charge in [0.25, 0.3) is 5.56 Å². The summed E-state index contributed by atoms with van der Waals surface area (Å²) in [5.74, 6) is 0.370. The number of β-amino-alcohol motifs (C(OH)–C–C–N with tert-alkyl or cyclic N) is 1. The van der Waals surface area contributed by atoms with Crippen LogP contribution >= 0.6 is 0 Å². The summed E-state index contributed by atoms with van der Waals surface area (Å²) in [6.45, 7) is 4.66. The maximum absolute atomic E-state index is 13.6. The molecule has 0 amide bonds. The van der Waals surface area contributed by atoms with Gasteiger partial charge in [0.2, 0.25) is 0 Å². The molecule has 4 rings (SSSR count). The summed E-state index contributed by atoms with van der Waals surface area (Å²) >= 11 is 0. The summed E-state index contributed by atoms with van der Waals surface area (Å²) in [6, 6.07) is 13.8. The number of aliphatic hydroxyl groups is 1. The molecule has 7 nitrogen and oxygen atoms in total.